The van der Waals surface area contributed by atoms with Gasteiger partial charge >= 0.3 is 0 Å². The van der Waals surface area contributed by atoms with Crippen LogP contribution in [-0.4, -0.2) is 131 Å². The van der Waals surface area contributed by atoms with Crippen LogP contribution >= 0.6 is 0 Å². The number of anilines is 2. The van der Waals surface area contributed by atoms with Gasteiger partial charge in [0.25, 0.3) is 0 Å². The van der Waals surface area contributed by atoms with E-state index in [0.717, 1.165) is 94.4 Å². The Labute approximate surface area is 233 Å². The molecule has 5 rings (SSSR count). The maximum absolute atomic E-state index is 6.16. The van der Waals surface area contributed by atoms with Crippen molar-refractivity contribution in [3.63, 3.8) is 0 Å². The number of hydrogen-bond acceptors (Lipinski definition) is 10. The van der Waals surface area contributed by atoms with E-state index in [0.29, 0.717) is 30.8 Å². The minimum Gasteiger partial charge on any atom is -0.493 e. The predicted octanol–water partition coefficient (Wildman–Crippen LogP) is 2.78. The minimum atomic E-state index is 0.391. The Morgan fingerprint density at radius 1 is 0.821 bits per heavy atom. The van der Waals surface area contributed by atoms with Crippen LogP contribution in [0.25, 0.3) is 10.9 Å². The lowest BCUT2D eigenvalue weighted by Gasteiger charge is -2.30. The highest BCUT2D eigenvalue weighted by molar-refractivity contribution is 5.93. The average Bonchev–Trinajstić information content (AvgIpc) is 3.37. The number of benzene rings is 1. The Morgan fingerprint density at radius 3 is 2.41 bits per heavy atom. The van der Waals surface area contributed by atoms with Crippen LogP contribution in [0.1, 0.15) is 32.1 Å². The van der Waals surface area contributed by atoms with Gasteiger partial charge in [0.05, 0.1) is 25.8 Å². The lowest BCUT2D eigenvalue weighted by Crippen LogP contribution is -2.37. The quantitative estimate of drug-likeness (QED) is 0.429. The summed E-state index contributed by atoms with van der Waals surface area (Å²) in [6.07, 6.45) is 5.91. The van der Waals surface area contributed by atoms with E-state index in [9.17, 15) is 0 Å². The lowest BCUT2D eigenvalue weighted by atomic mass is 10.1. The van der Waals surface area contributed by atoms with Crippen molar-refractivity contribution in [3.8, 4) is 11.5 Å². The second-order valence-corrected chi connectivity index (χ2v) is 11.3. The van der Waals surface area contributed by atoms with Crippen LogP contribution in [0, 0.1) is 0 Å². The fourth-order valence-corrected chi connectivity index (χ4v) is 5.75. The molecule has 3 aliphatic rings. The molecule has 2 aromatic rings. The highest BCUT2D eigenvalue weighted by atomic mass is 16.5. The second kappa shape index (κ2) is 13.8. The Hall–Kier alpha value is -2.40. The molecule has 3 fully saturated rings. The molecule has 3 saturated heterocycles. The number of piperidine rings is 1. The minimum absolute atomic E-state index is 0.391. The van der Waals surface area contributed by atoms with Gasteiger partial charge in [-0.05, 0) is 85.0 Å². The molecule has 10 nitrogen and oxygen atoms in total. The van der Waals surface area contributed by atoms with E-state index in [-0.39, 0.29) is 0 Å². The highest BCUT2D eigenvalue weighted by Gasteiger charge is 2.22. The molecule has 1 N–H and O–H groups in total. The van der Waals surface area contributed by atoms with E-state index in [1.807, 2.05) is 12.1 Å². The van der Waals surface area contributed by atoms with E-state index < -0.39 is 0 Å². The first-order chi connectivity index (χ1) is 19.1. The Bertz CT molecular complexity index is 1060. The molecule has 39 heavy (non-hydrogen) atoms. The SMILES string of the molecule is COc1cc2c(NC3CCN(C)CC3)nc(N3CCCN(C)CC3)nc2cc1OCCOCCN1CCCC1. The zero-order valence-corrected chi connectivity index (χ0v) is 24.2. The summed E-state index contributed by atoms with van der Waals surface area (Å²) in [5.74, 6) is 3.06. The molecular weight excluding hydrogens is 494 g/mol. The maximum Gasteiger partial charge on any atom is 0.227 e. The zero-order chi connectivity index (χ0) is 27.0. The van der Waals surface area contributed by atoms with Gasteiger partial charge in [0.1, 0.15) is 12.4 Å². The Balaban J connectivity index is 1.33. The summed E-state index contributed by atoms with van der Waals surface area (Å²) in [5.41, 5.74) is 0.874. The third-order valence-electron chi connectivity index (χ3n) is 8.27. The fourth-order valence-electron chi connectivity index (χ4n) is 5.75. The van der Waals surface area contributed by atoms with Gasteiger partial charge in [-0.25, -0.2) is 4.98 Å². The maximum atomic E-state index is 6.16. The number of nitrogens with one attached hydrogen (secondary N) is 1. The number of likely N-dealkylation sites (tertiary alicyclic amines) is 2. The number of methoxy groups -OCH3 is 1. The third kappa shape index (κ3) is 7.63. The third-order valence-corrected chi connectivity index (χ3v) is 8.27. The van der Waals surface area contributed by atoms with Gasteiger partial charge in [0, 0.05) is 43.7 Å². The summed E-state index contributed by atoms with van der Waals surface area (Å²) in [6, 6.07) is 4.42. The molecule has 4 heterocycles. The van der Waals surface area contributed by atoms with Gasteiger partial charge in [-0.3, -0.25) is 0 Å². The van der Waals surface area contributed by atoms with Crippen molar-refractivity contribution in [1.29, 1.82) is 0 Å². The molecular formula is C29H47N7O3. The van der Waals surface area contributed by atoms with Gasteiger partial charge in [0.2, 0.25) is 5.95 Å². The average molecular weight is 542 g/mol. The first-order valence-electron chi connectivity index (χ1n) is 14.8. The monoisotopic (exact) mass is 541 g/mol. The van der Waals surface area contributed by atoms with E-state index in [4.69, 9.17) is 24.2 Å². The first-order valence-corrected chi connectivity index (χ1v) is 14.8. The number of hydrogen-bond donors (Lipinski definition) is 1. The van der Waals surface area contributed by atoms with Crippen LogP contribution < -0.4 is 19.7 Å². The molecule has 3 aliphatic heterocycles. The standard InChI is InChI=1S/C29H47N7O3/c1-33-9-6-12-36(16-15-33)29-31-25-22-27(39-20-19-38-18-17-35-10-4-5-11-35)26(37-3)21-24(25)28(32-29)30-23-7-13-34(2)14-8-23/h21-23H,4-20H2,1-3H3,(H,30,31,32). The van der Waals surface area contributed by atoms with Crippen molar-refractivity contribution in [3.05, 3.63) is 12.1 Å². The van der Waals surface area contributed by atoms with E-state index >= 15 is 0 Å². The normalized spacial score (nSPS) is 20.4. The van der Waals surface area contributed by atoms with Gasteiger partial charge in [-0.15, -0.1) is 0 Å². The van der Waals surface area contributed by atoms with E-state index in [1.54, 1.807) is 7.11 Å². The highest BCUT2D eigenvalue weighted by Crippen LogP contribution is 2.36. The van der Waals surface area contributed by atoms with Crippen molar-refractivity contribution in [2.45, 2.75) is 38.1 Å². The molecule has 0 amide bonds. The van der Waals surface area contributed by atoms with Crippen LogP contribution in [0.5, 0.6) is 11.5 Å². The summed E-state index contributed by atoms with van der Waals surface area (Å²) in [6.45, 7) is 11.3. The van der Waals surface area contributed by atoms with Crippen LogP contribution in [-0.2, 0) is 4.74 Å². The largest absolute Gasteiger partial charge is 0.493 e. The van der Waals surface area contributed by atoms with Gasteiger partial charge in [-0.1, -0.05) is 0 Å². The summed E-state index contributed by atoms with van der Waals surface area (Å²) in [5, 5.41) is 4.74. The Kier molecular flexibility index (Phi) is 9.95. The molecule has 0 aliphatic carbocycles. The fraction of sp³-hybridized carbons (Fsp3) is 0.724. The van der Waals surface area contributed by atoms with E-state index in [1.165, 1.54) is 25.9 Å². The van der Waals surface area contributed by atoms with Gasteiger partial charge in [0.15, 0.2) is 11.5 Å². The molecule has 216 valence electrons. The number of ether oxygens (including phenoxy) is 3. The molecule has 1 aromatic heterocycles. The summed E-state index contributed by atoms with van der Waals surface area (Å²) >= 11 is 0. The number of aromatic nitrogens is 2. The van der Waals surface area contributed by atoms with E-state index in [2.05, 4.69) is 39.0 Å². The van der Waals surface area contributed by atoms with Crippen LogP contribution in [0.15, 0.2) is 12.1 Å². The molecule has 0 radical (unpaired) electrons. The number of likely N-dealkylation sites (N-methyl/N-ethyl adjacent to an activating group) is 1. The zero-order valence-electron chi connectivity index (χ0n) is 24.2. The summed E-state index contributed by atoms with van der Waals surface area (Å²) < 4.78 is 17.8. The predicted molar refractivity (Wildman–Crippen MR) is 157 cm³/mol. The lowest BCUT2D eigenvalue weighted by molar-refractivity contribution is 0.0838. The molecule has 0 bridgehead atoms. The van der Waals surface area contributed by atoms with Gasteiger partial charge < -0.3 is 39.1 Å². The van der Waals surface area contributed by atoms with Crippen molar-refractivity contribution in [1.82, 2.24) is 24.7 Å². The molecule has 0 spiro atoms. The van der Waals surface area contributed by atoms with Crippen LogP contribution in [0.4, 0.5) is 11.8 Å². The summed E-state index contributed by atoms with van der Waals surface area (Å²) in [4.78, 5) is 19.7. The number of rotatable bonds is 11. The molecule has 1 aromatic carbocycles. The van der Waals surface area contributed by atoms with Crippen molar-refractivity contribution < 1.29 is 14.2 Å². The van der Waals surface area contributed by atoms with Gasteiger partial charge in [-0.2, -0.15) is 4.98 Å². The first kappa shape index (κ1) is 28.1. The smallest absolute Gasteiger partial charge is 0.227 e. The Morgan fingerprint density at radius 2 is 1.62 bits per heavy atom. The molecule has 0 atom stereocenters. The molecule has 10 heteroatoms. The number of nitrogens with zero attached hydrogens (tertiary/aromatic N) is 6. The summed E-state index contributed by atoms with van der Waals surface area (Å²) in [7, 11) is 6.06. The van der Waals surface area contributed by atoms with Crippen molar-refractivity contribution in [2.24, 2.45) is 0 Å². The van der Waals surface area contributed by atoms with Crippen molar-refractivity contribution >= 4 is 22.7 Å². The van der Waals surface area contributed by atoms with Crippen LogP contribution in [0.2, 0.25) is 0 Å². The number of fused-ring (bicyclic) bond motifs is 1. The second-order valence-electron chi connectivity index (χ2n) is 11.3. The van der Waals surface area contributed by atoms with Crippen LogP contribution in [0.3, 0.4) is 0 Å². The molecule has 0 saturated carbocycles. The van der Waals surface area contributed by atoms with Crippen molar-refractivity contribution in [2.75, 3.05) is 110 Å². The topological polar surface area (TPSA) is 78.5 Å². The molecule has 0 unspecified atom stereocenters.